The van der Waals surface area contributed by atoms with Gasteiger partial charge in [-0.2, -0.15) is 0 Å². The van der Waals surface area contributed by atoms with Gasteiger partial charge in [0.25, 0.3) is 0 Å². The van der Waals surface area contributed by atoms with E-state index in [9.17, 15) is 0 Å². The second-order valence-electron chi connectivity index (χ2n) is 4.52. The van der Waals surface area contributed by atoms with Gasteiger partial charge in [-0.25, -0.2) is 0 Å². The standard InChI is InChI=1S/C12H15N3Si/c1-16(2,3)12-8-6-11(7-9-12)5-4-10-14-15-13/h6-9H,10H2,1-3H3. The molecule has 1 rings (SSSR count). The predicted molar refractivity (Wildman–Crippen MR) is 70.3 cm³/mol. The van der Waals surface area contributed by atoms with E-state index in [-0.39, 0.29) is 6.54 Å². The highest BCUT2D eigenvalue weighted by Crippen LogP contribution is 2.03. The van der Waals surface area contributed by atoms with Crippen molar-refractivity contribution in [1.29, 1.82) is 0 Å². The van der Waals surface area contributed by atoms with Crippen LogP contribution in [0.4, 0.5) is 0 Å². The smallest absolute Gasteiger partial charge is 0.0880 e. The fourth-order valence-corrected chi connectivity index (χ4v) is 2.43. The summed E-state index contributed by atoms with van der Waals surface area (Å²) in [6.07, 6.45) is 0. The zero-order valence-electron chi connectivity index (χ0n) is 9.86. The van der Waals surface area contributed by atoms with E-state index >= 15 is 0 Å². The average Bonchev–Trinajstić information content (AvgIpc) is 2.24. The van der Waals surface area contributed by atoms with Gasteiger partial charge in [-0.1, -0.05) is 53.9 Å². The van der Waals surface area contributed by atoms with Crippen LogP contribution in [0.3, 0.4) is 0 Å². The Morgan fingerprint density at radius 2 is 1.88 bits per heavy atom. The molecule has 1 aromatic carbocycles. The minimum Gasteiger partial charge on any atom is -0.0919 e. The van der Waals surface area contributed by atoms with Gasteiger partial charge < -0.3 is 0 Å². The van der Waals surface area contributed by atoms with E-state index in [0.717, 1.165) is 5.56 Å². The first-order chi connectivity index (χ1) is 7.54. The molecule has 0 heterocycles. The van der Waals surface area contributed by atoms with Crippen molar-refractivity contribution in [3.8, 4) is 11.8 Å². The molecule has 0 spiro atoms. The van der Waals surface area contributed by atoms with Crippen LogP contribution in [0.2, 0.25) is 19.6 Å². The van der Waals surface area contributed by atoms with Crippen molar-refractivity contribution in [2.45, 2.75) is 19.6 Å². The highest BCUT2D eigenvalue weighted by Gasteiger charge is 2.15. The topological polar surface area (TPSA) is 48.8 Å². The van der Waals surface area contributed by atoms with Crippen molar-refractivity contribution in [2.24, 2.45) is 5.11 Å². The van der Waals surface area contributed by atoms with E-state index in [1.807, 2.05) is 12.1 Å². The lowest BCUT2D eigenvalue weighted by Crippen LogP contribution is -2.37. The fraction of sp³-hybridized carbons (Fsp3) is 0.333. The zero-order chi connectivity index (χ0) is 12.0. The first-order valence-electron chi connectivity index (χ1n) is 5.14. The zero-order valence-corrected chi connectivity index (χ0v) is 10.9. The van der Waals surface area contributed by atoms with Gasteiger partial charge in [0.2, 0.25) is 0 Å². The molecule has 0 fully saturated rings. The fourth-order valence-electron chi connectivity index (χ4n) is 1.26. The largest absolute Gasteiger partial charge is 0.0919 e. The first-order valence-corrected chi connectivity index (χ1v) is 8.64. The van der Waals surface area contributed by atoms with Crippen LogP contribution < -0.4 is 5.19 Å². The highest BCUT2D eigenvalue weighted by atomic mass is 28.3. The van der Waals surface area contributed by atoms with Gasteiger partial charge in [0.15, 0.2) is 0 Å². The molecule has 0 aliphatic heterocycles. The Morgan fingerprint density at radius 3 is 2.38 bits per heavy atom. The Labute approximate surface area is 97.1 Å². The van der Waals surface area contributed by atoms with Crippen LogP contribution in [0.15, 0.2) is 29.4 Å². The van der Waals surface area contributed by atoms with E-state index in [2.05, 4.69) is 53.6 Å². The summed E-state index contributed by atoms with van der Waals surface area (Å²) < 4.78 is 0. The number of nitrogens with zero attached hydrogens (tertiary/aromatic N) is 3. The lowest BCUT2D eigenvalue weighted by Gasteiger charge is -2.15. The van der Waals surface area contributed by atoms with Crippen molar-refractivity contribution in [2.75, 3.05) is 6.54 Å². The number of hydrogen-bond acceptors (Lipinski definition) is 1. The molecule has 0 N–H and O–H groups in total. The van der Waals surface area contributed by atoms with Crippen LogP contribution in [0, 0.1) is 11.8 Å². The summed E-state index contributed by atoms with van der Waals surface area (Å²) in [6.45, 7) is 7.17. The van der Waals surface area contributed by atoms with E-state index in [0.29, 0.717) is 0 Å². The third-order valence-electron chi connectivity index (χ3n) is 2.20. The summed E-state index contributed by atoms with van der Waals surface area (Å²) in [6, 6.07) is 8.33. The molecule has 0 bridgehead atoms. The van der Waals surface area contributed by atoms with Crippen molar-refractivity contribution >= 4 is 13.3 Å². The van der Waals surface area contributed by atoms with Gasteiger partial charge in [-0.15, -0.1) is 0 Å². The maximum atomic E-state index is 8.08. The summed E-state index contributed by atoms with van der Waals surface area (Å²) in [7, 11) is -1.21. The molecule has 0 amide bonds. The molecule has 0 aromatic heterocycles. The number of rotatable bonds is 2. The molecule has 0 unspecified atom stereocenters. The molecule has 82 valence electrons. The van der Waals surface area contributed by atoms with Crippen molar-refractivity contribution in [3.63, 3.8) is 0 Å². The molecule has 0 aliphatic carbocycles. The minimum atomic E-state index is -1.21. The van der Waals surface area contributed by atoms with Crippen molar-refractivity contribution in [1.82, 2.24) is 0 Å². The second kappa shape index (κ2) is 5.41. The minimum absolute atomic E-state index is 0.228. The van der Waals surface area contributed by atoms with Gasteiger partial charge in [0, 0.05) is 10.5 Å². The summed E-state index contributed by atoms with van der Waals surface area (Å²) in [5.41, 5.74) is 9.05. The molecule has 4 heteroatoms. The molecule has 0 radical (unpaired) electrons. The van der Waals surface area contributed by atoms with Crippen LogP contribution in [0.25, 0.3) is 10.4 Å². The van der Waals surface area contributed by atoms with Crippen LogP contribution in [0.5, 0.6) is 0 Å². The maximum Gasteiger partial charge on any atom is 0.0880 e. The van der Waals surface area contributed by atoms with Gasteiger partial charge in [0.1, 0.15) is 0 Å². The normalized spacial score (nSPS) is 9.94. The van der Waals surface area contributed by atoms with E-state index < -0.39 is 8.07 Å². The molecule has 16 heavy (non-hydrogen) atoms. The highest BCUT2D eigenvalue weighted by molar-refractivity contribution is 6.88. The molecule has 1 aromatic rings. The lowest BCUT2D eigenvalue weighted by molar-refractivity contribution is 1.25. The molecule has 0 saturated heterocycles. The van der Waals surface area contributed by atoms with Gasteiger partial charge >= 0.3 is 0 Å². The summed E-state index contributed by atoms with van der Waals surface area (Å²) in [5, 5.41) is 4.78. The molecular formula is C12H15N3Si. The molecule has 0 atom stereocenters. The number of hydrogen-bond donors (Lipinski definition) is 0. The third kappa shape index (κ3) is 3.82. The van der Waals surface area contributed by atoms with E-state index in [4.69, 9.17) is 5.53 Å². The molecular weight excluding hydrogens is 214 g/mol. The summed E-state index contributed by atoms with van der Waals surface area (Å²) in [4.78, 5) is 2.64. The Morgan fingerprint density at radius 1 is 1.25 bits per heavy atom. The Hall–Kier alpha value is -1.69. The maximum absolute atomic E-state index is 8.08. The van der Waals surface area contributed by atoms with Crippen LogP contribution in [0.1, 0.15) is 5.56 Å². The quantitative estimate of drug-likeness (QED) is 0.246. The molecule has 0 saturated carbocycles. The second-order valence-corrected chi connectivity index (χ2v) is 9.60. The van der Waals surface area contributed by atoms with Crippen LogP contribution in [-0.2, 0) is 0 Å². The summed E-state index contributed by atoms with van der Waals surface area (Å²) >= 11 is 0. The predicted octanol–water partition coefficient (Wildman–Crippen LogP) is 2.89. The Balaban J connectivity index is 2.78. The lowest BCUT2D eigenvalue weighted by atomic mass is 10.2. The SMILES string of the molecule is C[Si](C)(C)c1ccc(C#CCN=[N+]=[N-])cc1. The van der Waals surface area contributed by atoms with Crippen LogP contribution in [-0.4, -0.2) is 14.6 Å². The van der Waals surface area contributed by atoms with Crippen molar-refractivity contribution < 1.29 is 0 Å². The first kappa shape index (κ1) is 12.4. The number of azide groups is 1. The van der Waals surface area contributed by atoms with Gasteiger partial charge in [-0.3, -0.25) is 0 Å². The molecule has 0 aliphatic rings. The van der Waals surface area contributed by atoms with Crippen LogP contribution >= 0.6 is 0 Å². The van der Waals surface area contributed by atoms with Crippen molar-refractivity contribution in [3.05, 3.63) is 40.3 Å². The molecule has 3 nitrogen and oxygen atoms in total. The van der Waals surface area contributed by atoms with Gasteiger partial charge in [0.05, 0.1) is 14.6 Å². The number of benzene rings is 1. The monoisotopic (exact) mass is 229 g/mol. The average molecular weight is 229 g/mol. The van der Waals surface area contributed by atoms with Gasteiger partial charge in [-0.05, 0) is 17.7 Å². The van der Waals surface area contributed by atoms with E-state index in [1.54, 1.807) is 0 Å². The summed E-state index contributed by atoms with van der Waals surface area (Å²) in [5.74, 6) is 5.76. The van der Waals surface area contributed by atoms with E-state index in [1.165, 1.54) is 5.19 Å². The Bertz CT molecular complexity index is 454. The third-order valence-corrected chi connectivity index (χ3v) is 4.26. The Kier molecular flexibility index (Phi) is 4.18.